The molecule has 2 radical (unpaired) electrons. The van der Waals surface area contributed by atoms with Crippen molar-refractivity contribution in [3.63, 3.8) is 0 Å². The van der Waals surface area contributed by atoms with Crippen LogP contribution < -0.4 is 10.6 Å². The van der Waals surface area contributed by atoms with Gasteiger partial charge in [0.2, 0.25) is 21.6 Å². The third-order valence-electron chi connectivity index (χ3n) is 2.56. The van der Waals surface area contributed by atoms with Crippen molar-refractivity contribution in [2.24, 2.45) is 5.92 Å². The molecule has 5 nitrogen and oxygen atoms in total. The van der Waals surface area contributed by atoms with E-state index >= 15 is 0 Å². The highest BCUT2D eigenvalue weighted by molar-refractivity contribution is 6.24. The van der Waals surface area contributed by atoms with Crippen LogP contribution in [0.4, 0.5) is 0 Å². The monoisotopic (exact) mass is 300 g/mol. The summed E-state index contributed by atoms with van der Waals surface area (Å²) < 4.78 is 5.22. The molecule has 0 rings (SSSR count). The first-order chi connectivity index (χ1) is 9.17. The molecular formula is C14H28N2O3Si. The van der Waals surface area contributed by atoms with E-state index in [4.69, 9.17) is 4.43 Å². The third kappa shape index (κ3) is 9.09. The zero-order chi connectivity index (χ0) is 15.8. The second kappa shape index (κ2) is 9.13. The van der Waals surface area contributed by atoms with Crippen LogP contribution in [0.5, 0.6) is 0 Å². The first kappa shape index (κ1) is 19.1. The van der Waals surface area contributed by atoms with Crippen LogP contribution in [0.1, 0.15) is 47.5 Å². The number of nitrogens with one attached hydrogen (secondary N) is 2. The van der Waals surface area contributed by atoms with Crippen LogP contribution in [0.15, 0.2) is 0 Å². The first-order valence-electron chi connectivity index (χ1n) is 7.07. The predicted octanol–water partition coefficient (Wildman–Crippen LogP) is 1.51. The van der Waals surface area contributed by atoms with E-state index in [1.54, 1.807) is 0 Å². The Morgan fingerprint density at radius 1 is 1.25 bits per heavy atom. The molecule has 0 bridgehead atoms. The van der Waals surface area contributed by atoms with E-state index < -0.39 is 6.04 Å². The van der Waals surface area contributed by atoms with E-state index in [9.17, 15) is 9.59 Å². The summed E-state index contributed by atoms with van der Waals surface area (Å²) in [5.74, 6) is -0.183. The normalized spacial score (nSPS) is 13.2. The second-order valence-corrected chi connectivity index (χ2v) is 6.88. The van der Waals surface area contributed by atoms with E-state index in [2.05, 4.69) is 10.6 Å². The van der Waals surface area contributed by atoms with Gasteiger partial charge in [-0.15, -0.1) is 0 Å². The summed E-state index contributed by atoms with van der Waals surface area (Å²) in [7, 11) is 0.447. The molecular weight excluding hydrogens is 272 g/mol. The second-order valence-electron chi connectivity index (χ2n) is 6.18. The van der Waals surface area contributed by atoms with Crippen molar-refractivity contribution in [2.45, 2.75) is 65.6 Å². The Balaban J connectivity index is 4.33. The van der Waals surface area contributed by atoms with Crippen molar-refractivity contribution in [2.75, 3.05) is 6.61 Å². The van der Waals surface area contributed by atoms with Crippen LogP contribution in [-0.4, -0.2) is 39.8 Å². The Morgan fingerprint density at radius 3 is 2.30 bits per heavy atom. The predicted molar refractivity (Wildman–Crippen MR) is 81.5 cm³/mol. The van der Waals surface area contributed by atoms with Gasteiger partial charge in [0.25, 0.3) is 0 Å². The quantitative estimate of drug-likeness (QED) is 0.527. The van der Waals surface area contributed by atoms with Crippen molar-refractivity contribution >= 4 is 21.6 Å². The zero-order valence-electron chi connectivity index (χ0n) is 13.5. The van der Waals surface area contributed by atoms with Crippen molar-refractivity contribution in [3.05, 3.63) is 0 Å². The van der Waals surface area contributed by atoms with E-state index in [0.29, 0.717) is 29.2 Å². The Labute approximate surface area is 125 Å². The lowest BCUT2D eigenvalue weighted by atomic mass is 10.0. The van der Waals surface area contributed by atoms with Gasteiger partial charge in [0.05, 0.1) is 0 Å². The molecule has 0 aromatic heterocycles. The molecule has 116 valence electrons. The summed E-state index contributed by atoms with van der Waals surface area (Å²) in [6.45, 7) is 12.2. The van der Waals surface area contributed by atoms with Gasteiger partial charge in [0.15, 0.2) is 0 Å². The summed E-state index contributed by atoms with van der Waals surface area (Å²) in [5.41, 5.74) is -0.301. The largest absolute Gasteiger partial charge is 0.418 e. The Hall–Kier alpha value is -0.883. The molecule has 0 aliphatic rings. The Kier molecular flexibility index (Phi) is 8.72. The molecule has 0 aliphatic carbocycles. The van der Waals surface area contributed by atoms with Gasteiger partial charge in [-0.25, -0.2) is 0 Å². The highest BCUT2D eigenvalue weighted by Gasteiger charge is 2.26. The van der Waals surface area contributed by atoms with Crippen molar-refractivity contribution in [3.8, 4) is 0 Å². The summed E-state index contributed by atoms with van der Waals surface area (Å²) in [6, 6.07) is -0.490. The fourth-order valence-electron chi connectivity index (χ4n) is 1.63. The minimum atomic E-state index is -0.490. The Bertz CT molecular complexity index is 314. The highest BCUT2D eigenvalue weighted by Crippen LogP contribution is 2.06. The number of carbonyl (C=O) groups excluding carboxylic acids is 2. The summed E-state index contributed by atoms with van der Waals surface area (Å²) in [5, 5.41) is 5.72. The molecule has 20 heavy (non-hydrogen) atoms. The van der Waals surface area contributed by atoms with Crippen LogP contribution in [0.2, 0.25) is 6.55 Å². The van der Waals surface area contributed by atoms with Gasteiger partial charge in [-0.3, -0.25) is 9.59 Å². The van der Waals surface area contributed by atoms with E-state index in [1.807, 2.05) is 41.2 Å². The molecule has 1 atom stereocenters. The summed E-state index contributed by atoms with van der Waals surface area (Å²) in [4.78, 5) is 24.0. The van der Waals surface area contributed by atoms with Gasteiger partial charge in [0.1, 0.15) is 6.04 Å². The molecule has 0 heterocycles. The van der Waals surface area contributed by atoms with E-state index in [1.165, 1.54) is 0 Å². The fraction of sp³-hybridized carbons (Fsp3) is 0.857. The maximum atomic E-state index is 12.2. The molecule has 0 unspecified atom stereocenters. The number of carbonyl (C=O) groups is 2. The molecule has 0 saturated carbocycles. The first-order valence-corrected chi connectivity index (χ1v) is 8.48. The van der Waals surface area contributed by atoms with E-state index in [0.717, 1.165) is 0 Å². The molecule has 0 aromatic rings. The van der Waals surface area contributed by atoms with Gasteiger partial charge < -0.3 is 15.1 Å². The van der Waals surface area contributed by atoms with Crippen molar-refractivity contribution in [1.29, 1.82) is 0 Å². The Morgan fingerprint density at radius 2 is 1.85 bits per heavy atom. The van der Waals surface area contributed by atoms with Crippen LogP contribution in [0, 0.1) is 5.92 Å². The average molecular weight is 300 g/mol. The van der Waals surface area contributed by atoms with Crippen molar-refractivity contribution in [1.82, 2.24) is 10.6 Å². The lowest BCUT2D eigenvalue weighted by Crippen LogP contribution is -2.54. The number of rotatable bonds is 8. The van der Waals surface area contributed by atoms with Gasteiger partial charge in [-0.1, -0.05) is 13.8 Å². The molecule has 0 aliphatic heterocycles. The maximum Gasteiger partial charge on any atom is 0.243 e. The molecule has 0 fully saturated rings. The molecule has 2 N–H and O–H groups in total. The standard InChI is InChI=1S/C14H28N2O3Si/c1-10(2)12(13(18)16-14(3,4)5)15-11(17)8-7-9-19-20-6/h10,12H,7-9H2,1-6H3,(H,15,17)(H,16,18)/t12-/m0/s1. The van der Waals surface area contributed by atoms with Gasteiger partial charge in [-0.2, -0.15) is 0 Å². The minimum absolute atomic E-state index is 0.0506. The average Bonchev–Trinajstić information content (AvgIpc) is 2.29. The number of hydrogen-bond acceptors (Lipinski definition) is 3. The fourth-order valence-corrected chi connectivity index (χ4v) is 1.98. The van der Waals surface area contributed by atoms with Crippen LogP contribution in [0.3, 0.4) is 0 Å². The van der Waals surface area contributed by atoms with Crippen LogP contribution >= 0.6 is 0 Å². The van der Waals surface area contributed by atoms with Crippen LogP contribution in [-0.2, 0) is 14.0 Å². The van der Waals surface area contributed by atoms with Crippen LogP contribution in [0.25, 0.3) is 0 Å². The topological polar surface area (TPSA) is 67.4 Å². The zero-order valence-corrected chi connectivity index (χ0v) is 14.5. The molecule has 0 aromatic carbocycles. The molecule has 0 saturated heterocycles. The van der Waals surface area contributed by atoms with Gasteiger partial charge in [-0.05, 0) is 39.7 Å². The van der Waals surface area contributed by atoms with Crippen molar-refractivity contribution < 1.29 is 14.0 Å². The lowest BCUT2D eigenvalue weighted by molar-refractivity contribution is -0.131. The number of hydrogen-bond donors (Lipinski definition) is 2. The highest BCUT2D eigenvalue weighted by atomic mass is 28.2. The molecule has 6 heteroatoms. The third-order valence-corrected chi connectivity index (χ3v) is 3.05. The van der Waals surface area contributed by atoms with Gasteiger partial charge in [0, 0.05) is 18.6 Å². The van der Waals surface area contributed by atoms with E-state index in [-0.39, 0.29) is 23.3 Å². The molecule has 0 spiro atoms. The smallest absolute Gasteiger partial charge is 0.243 e. The maximum absolute atomic E-state index is 12.2. The van der Waals surface area contributed by atoms with Gasteiger partial charge >= 0.3 is 0 Å². The minimum Gasteiger partial charge on any atom is -0.418 e. The lowest BCUT2D eigenvalue weighted by Gasteiger charge is -2.27. The number of amides is 2. The summed E-state index contributed by atoms with van der Waals surface area (Å²) >= 11 is 0. The summed E-state index contributed by atoms with van der Waals surface area (Å²) in [6.07, 6.45) is 1.06. The molecule has 2 amide bonds. The SMILES string of the molecule is C[Si]OCCCC(=O)N[C@H](C(=O)NC(C)(C)C)C(C)C.